The van der Waals surface area contributed by atoms with Crippen LogP contribution in [0.5, 0.6) is 11.5 Å². The normalized spacial score (nSPS) is 11.4. The third-order valence-electron chi connectivity index (χ3n) is 5.20. The summed E-state index contributed by atoms with van der Waals surface area (Å²) in [5.74, 6) is 0.826. The highest BCUT2D eigenvalue weighted by molar-refractivity contribution is 7.17. The fourth-order valence-corrected chi connectivity index (χ4v) is 4.55. The third kappa shape index (κ3) is 5.86. The lowest BCUT2D eigenvalue weighted by molar-refractivity contribution is -0.137. The second kappa shape index (κ2) is 10.8. The van der Waals surface area contributed by atoms with Gasteiger partial charge in [-0.1, -0.05) is 18.2 Å². The number of carbonyl (C=O) groups excluding carboxylic acids is 1. The number of alkyl halides is 3. The summed E-state index contributed by atoms with van der Waals surface area (Å²) in [5.41, 5.74) is 6.83. The van der Waals surface area contributed by atoms with Gasteiger partial charge in [-0.25, -0.2) is 4.98 Å². The zero-order valence-corrected chi connectivity index (χ0v) is 19.7. The number of nitrogens with one attached hydrogen (secondary N) is 1. The van der Waals surface area contributed by atoms with Gasteiger partial charge in [0.05, 0.1) is 22.4 Å². The summed E-state index contributed by atoms with van der Waals surface area (Å²) in [6.45, 7) is 0.0539. The largest absolute Gasteiger partial charge is 0.489 e. The Bertz CT molecular complexity index is 1370. The SMILES string of the molecule is Nc1ncc(C(=O)NCCO)c2scc(COc3cccc(OCc4cccc(C(F)(F)F)c4)c3)c12. The van der Waals surface area contributed by atoms with Crippen molar-refractivity contribution in [2.24, 2.45) is 0 Å². The number of nitrogens with two attached hydrogens (primary N) is 1. The lowest BCUT2D eigenvalue weighted by Crippen LogP contribution is -2.26. The first kappa shape index (κ1) is 25.3. The molecule has 0 aliphatic heterocycles. The van der Waals surface area contributed by atoms with Gasteiger partial charge in [0.25, 0.3) is 5.91 Å². The number of aliphatic hydroxyl groups excluding tert-OH is 1. The molecular weight excluding hydrogens is 495 g/mol. The number of rotatable bonds is 9. The van der Waals surface area contributed by atoms with Crippen LogP contribution in [0.3, 0.4) is 0 Å². The molecule has 36 heavy (non-hydrogen) atoms. The number of aliphatic hydroxyl groups is 1. The zero-order chi connectivity index (χ0) is 25.7. The number of amides is 1. The van der Waals surface area contributed by atoms with Gasteiger partial charge in [0, 0.05) is 29.8 Å². The first-order valence-corrected chi connectivity index (χ1v) is 11.7. The molecular formula is C25H22F3N3O4S. The Hall–Kier alpha value is -3.83. The van der Waals surface area contributed by atoms with Crippen molar-refractivity contribution < 1.29 is 32.5 Å². The van der Waals surface area contributed by atoms with Gasteiger partial charge in [-0.3, -0.25) is 4.79 Å². The van der Waals surface area contributed by atoms with Crippen molar-refractivity contribution in [2.75, 3.05) is 18.9 Å². The number of thiophene rings is 1. The van der Waals surface area contributed by atoms with E-state index < -0.39 is 11.7 Å². The van der Waals surface area contributed by atoms with Gasteiger partial charge in [0.1, 0.15) is 30.5 Å². The maximum Gasteiger partial charge on any atom is 0.416 e. The molecule has 0 bridgehead atoms. The maximum absolute atomic E-state index is 12.9. The van der Waals surface area contributed by atoms with Crippen LogP contribution in [0, 0.1) is 0 Å². The fourth-order valence-electron chi connectivity index (χ4n) is 3.48. The van der Waals surface area contributed by atoms with Crippen LogP contribution in [0.25, 0.3) is 10.1 Å². The molecule has 0 radical (unpaired) electrons. The molecule has 0 spiro atoms. The molecule has 4 rings (SSSR count). The molecule has 0 saturated carbocycles. The average Bonchev–Trinajstić information content (AvgIpc) is 3.30. The number of benzene rings is 2. The first-order valence-electron chi connectivity index (χ1n) is 10.8. The molecule has 4 N–H and O–H groups in total. The van der Waals surface area contributed by atoms with Crippen molar-refractivity contribution >= 4 is 33.1 Å². The number of hydrogen-bond donors (Lipinski definition) is 3. The van der Waals surface area contributed by atoms with Gasteiger partial charge in [0.2, 0.25) is 0 Å². The quantitative estimate of drug-likeness (QED) is 0.295. The first-order chi connectivity index (χ1) is 17.3. The second-order valence-corrected chi connectivity index (χ2v) is 8.63. The van der Waals surface area contributed by atoms with Gasteiger partial charge in [-0.2, -0.15) is 13.2 Å². The van der Waals surface area contributed by atoms with Gasteiger partial charge >= 0.3 is 6.18 Å². The van der Waals surface area contributed by atoms with Crippen molar-refractivity contribution in [2.45, 2.75) is 19.4 Å². The minimum atomic E-state index is -4.42. The van der Waals surface area contributed by atoms with Crippen LogP contribution in [-0.4, -0.2) is 29.1 Å². The maximum atomic E-state index is 12.9. The molecule has 2 aromatic carbocycles. The standard InChI is InChI=1S/C25H22F3N3O4S/c26-25(27,28)17-4-1-3-15(9-17)12-34-18-5-2-6-19(10-18)35-13-16-14-36-22-20(24(33)30-7-8-32)11-31-23(29)21(16)22/h1-6,9-11,14,32H,7-8,12-13H2,(H2,29,31)(H,30,33). The van der Waals surface area contributed by atoms with E-state index in [9.17, 15) is 18.0 Å². The fraction of sp³-hybridized carbons (Fsp3) is 0.200. The number of ether oxygens (including phenoxy) is 2. The van der Waals surface area contributed by atoms with E-state index in [4.69, 9.17) is 20.3 Å². The number of halogens is 3. The summed E-state index contributed by atoms with van der Waals surface area (Å²) in [6.07, 6.45) is -3.02. The zero-order valence-electron chi connectivity index (χ0n) is 18.8. The monoisotopic (exact) mass is 517 g/mol. The molecule has 1 amide bonds. The molecule has 0 fully saturated rings. The van der Waals surface area contributed by atoms with E-state index >= 15 is 0 Å². The molecule has 188 valence electrons. The summed E-state index contributed by atoms with van der Waals surface area (Å²) >= 11 is 1.34. The van der Waals surface area contributed by atoms with Gasteiger partial charge in [-0.15, -0.1) is 11.3 Å². The van der Waals surface area contributed by atoms with Crippen molar-refractivity contribution in [3.63, 3.8) is 0 Å². The molecule has 11 heteroatoms. The summed E-state index contributed by atoms with van der Waals surface area (Å²) in [4.78, 5) is 16.5. The lowest BCUT2D eigenvalue weighted by Gasteiger charge is -2.11. The lowest BCUT2D eigenvalue weighted by atomic mass is 10.1. The van der Waals surface area contributed by atoms with Gasteiger partial charge in [-0.05, 0) is 35.2 Å². The summed E-state index contributed by atoms with van der Waals surface area (Å²) in [5, 5.41) is 14.0. The Morgan fingerprint density at radius 3 is 2.53 bits per heavy atom. The van der Waals surface area contributed by atoms with E-state index in [0.717, 1.165) is 17.7 Å². The topological polar surface area (TPSA) is 107 Å². The van der Waals surface area contributed by atoms with Crippen LogP contribution in [0.4, 0.5) is 19.0 Å². The Labute approximate surface area is 208 Å². The van der Waals surface area contributed by atoms with Crippen LogP contribution >= 0.6 is 11.3 Å². The second-order valence-electron chi connectivity index (χ2n) is 7.75. The molecule has 0 saturated heterocycles. The predicted octanol–water partition coefficient (Wildman–Crippen LogP) is 4.78. The van der Waals surface area contributed by atoms with Crippen LogP contribution in [0.2, 0.25) is 0 Å². The molecule has 0 unspecified atom stereocenters. The number of pyridine rings is 1. The summed E-state index contributed by atoms with van der Waals surface area (Å²) < 4.78 is 51.0. The number of carbonyl (C=O) groups is 1. The highest BCUT2D eigenvalue weighted by Crippen LogP contribution is 2.34. The van der Waals surface area contributed by atoms with Crippen LogP contribution < -0.4 is 20.5 Å². The number of nitrogens with zero attached hydrogens (tertiary/aromatic N) is 1. The van der Waals surface area contributed by atoms with E-state index in [1.807, 2.05) is 5.38 Å². The van der Waals surface area contributed by atoms with E-state index in [0.29, 0.717) is 32.7 Å². The minimum absolute atomic E-state index is 0.0358. The minimum Gasteiger partial charge on any atom is -0.489 e. The predicted molar refractivity (Wildman–Crippen MR) is 130 cm³/mol. The number of aromatic nitrogens is 1. The molecule has 2 aromatic heterocycles. The number of hydrogen-bond acceptors (Lipinski definition) is 7. The molecule has 2 heterocycles. The van der Waals surface area contributed by atoms with Crippen molar-refractivity contribution in [3.05, 3.63) is 82.4 Å². The van der Waals surface area contributed by atoms with Crippen molar-refractivity contribution in [3.8, 4) is 11.5 Å². The Morgan fingerprint density at radius 1 is 1.08 bits per heavy atom. The van der Waals surface area contributed by atoms with Crippen LogP contribution in [0.15, 0.2) is 60.1 Å². The van der Waals surface area contributed by atoms with Crippen molar-refractivity contribution in [1.29, 1.82) is 0 Å². The van der Waals surface area contributed by atoms with Gasteiger partial charge < -0.3 is 25.6 Å². The van der Waals surface area contributed by atoms with Crippen LogP contribution in [-0.2, 0) is 19.4 Å². The van der Waals surface area contributed by atoms with E-state index in [-0.39, 0.29) is 38.1 Å². The average molecular weight is 518 g/mol. The molecule has 0 aliphatic rings. The summed E-state index contributed by atoms with van der Waals surface area (Å²) in [6, 6.07) is 11.7. The number of anilines is 1. The molecule has 4 aromatic rings. The van der Waals surface area contributed by atoms with E-state index in [2.05, 4.69) is 10.3 Å². The number of fused-ring (bicyclic) bond motifs is 1. The molecule has 0 aliphatic carbocycles. The number of nitrogen functional groups attached to an aromatic ring is 1. The summed E-state index contributed by atoms with van der Waals surface area (Å²) in [7, 11) is 0. The van der Waals surface area contributed by atoms with Gasteiger partial charge in [0.15, 0.2) is 0 Å². The molecule has 7 nitrogen and oxygen atoms in total. The third-order valence-corrected chi connectivity index (χ3v) is 6.26. The van der Waals surface area contributed by atoms with Crippen molar-refractivity contribution in [1.82, 2.24) is 10.3 Å². The Kier molecular flexibility index (Phi) is 7.61. The van der Waals surface area contributed by atoms with E-state index in [1.54, 1.807) is 30.3 Å². The smallest absolute Gasteiger partial charge is 0.416 e. The highest BCUT2D eigenvalue weighted by Gasteiger charge is 2.30. The Morgan fingerprint density at radius 2 is 1.81 bits per heavy atom. The Balaban J connectivity index is 1.44. The molecule has 0 atom stereocenters. The highest BCUT2D eigenvalue weighted by atomic mass is 32.1. The van der Waals surface area contributed by atoms with E-state index in [1.165, 1.54) is 23.6 Å². The van der Waals surface area contributed by atoms with Crippen LogP contribution in [0.1, 0.15) is 27.0 Å².